The molecule has 0 aromatic heterocycles. The zero-order valence-corrected chi connectivity index (χ0v) is 9.01. The van der Waals surface area contributed by atoms with Gasteiger partial charge in [0.25, 0.3) is 0 Å². The largest absolute Gasteiger partial charge is 0.380 e. The van der Waals surface area contributed by atoms with Crippen molar-refractivity contribution in [1.82, 2.24) is 5.32 Å². The molecule has 1 unspecified atom stereocenters. The van der Waals surface area contributed by atoms with Gasteiger partial charge in [0, 0.05) is 19.7 Å². The van der Waals surface area contributed by atoms with Crippen LogP contribution in [0.15, 0.2) is 12.7 Å². The van der Waals surface area contributed by atoms with Crippen molar-refractivity contribution >= 4 is 0 Å². The van der Waals surface area contributed by atoms with E-state index in [-0.39, 0.29) is 0 Å². The monoisotopic (exact) mass is 185 g/mol. The van der Waals surface area contributed by atoms with Gasteiger partial charge in [-0.2, -0.15) is 0 Å². The summed E-state index contributed by atoms with van der Waals surface area (Å²) in [5.74, 6) is 0.699. The van der Waals surface area contributed by atoms with E-state index in [0.717, 1.165) is 26.3 Å². The molecular formula is C11H23NO. The smallest absolute Gasteiger partial charge is 0.0591 e. The second kappa shape index (κ2) is 9.75. The van der Waals surface area contributed by atoms with Crippen molar-refractivity contribution in [2.45, 2.75) is 26.7 Å². The van der Waals surface area contributed by atoms with Crippen LogP contribution in [0.3, 0.4) is 0 Å². The average Bonchev–Trinajstić information content (AvgIpc) is 2.11. The number of hydrogen-bond acceptors (Lipinski definition) is 2. The van der Waals surface area contributed by atoms with E-state index in [2.05, 4.69) is 25.7 Å². The van der Waals surface area contributed by atoms with Gasteiger partial charge in [-0.1, -0.05) is 26.3 Å². The lowest BCUT2D eigenvalue weighted by Gasteiger charge is -2.10. The summed E-state index contributed by atoms with van der Waals surface area (Å²) in [6.45, 7) is 11.6. The maximum absolute atomic E-state index is 5.50. The summed E-state index contributed by atoms with van der Waals surface area (Å²) in [4.78, 5) is 0. The number of ether oxygens (including phenoxy) is 1. The highest BCUT2D eigenvalue weighted by Gasteiger charge is 1.99. The van der Waals surface area contributed by atoms with E-state index >= 15 is 0 Å². The van der Waals surface area contributed by atoms with Crippen molar-refractivity contribution in [2.24, 2.45) is 5.92 Å². The standard InChI is InChI=1S/C11H23NO/c1-4-6-11(3)10-13-9-8-12-7-5-2/h5,11-12H,2,4,6-10H2,1,3H3. The molecule has 0 bridgehead atoms. The van der Waals surface area contributed by atoms with Crippen LogP contribution in [0.5, 0.6) is 0 Å². The van der Waals surface area contributed by atoms with Gasteiger partial charge in [0.15, 0.2) is 0 Å². The first-order chi connectivity index (χ1) is 6.31. The van der Waals surface area contributed by atoms with Gasteiger partial charge in [0.2, 0.25) is 0 Å². The molecule has 2 heteroatoms. The van der Waals surface area contributed by atoms with Crippen molar-refractivity contribution in [2.75, 3.05) is 26.3 Å². The van der Waals surface area contributed by atoms with E-state index in [4.69, 9.17) is 4.74 Å². The summed E-state index contributed by atoms with van der Waals surface area (Å²) in [7, 11) is 0. The summed E-state index contributed by atoms with van der Waals surface area (Å²) in [6.07, 6.45) is 4.37. The highest BCUT2D eigenvalue weighted by atomic mass is 16.5. The van der Waals surface area contributed by atoms with Gasteiger partial charge in [0.05, 0.1) is 6.61 Å². The van der Waals surface area contributed by atoms with Gasteiger partial charge < -0.3 is 10.1 Å². The third-order valence-electron chi connectivity index (χ3n) is 1.90. The zero-order valence-electron chi connectivity index (χ0n) is 9.01. The molecule has 2 nitrogen and oxygen atoms in total. The second-order valence-electron chi connectivity index (χ2n) is 3.46. The average molecular weight is 185 g/mol. The van der Waals surface area contributed by atoms with Crippen molar-refractivity contribution in [3.63, 3.8) is 0 Å². The lowest BCUT2D eigenvalue weighted by atomic mass is 10.1. The predicted molar refractivity (Wildman–Crippen MR) is 58.0 cm³/mol. The molecule has 0 aromatic carbocycles. The van der Waals surface area contributed by atoms with Gasteiger partial charge in [-0.25, -0.2) is 0 Å². The summed E-state index contributed by atoms with van der Waals surface area (Å²) >= 11 is 0. The maximum Gasteiger partial charge on any atom is 0.0591 e. The minimum absolute atomic E-state index is 0.699. The fraction of sp³-hybridized carbons (Fsp3) is 0.818. The Labute approximate surface area is 82.4 Å². The minimum Gasteiger partial charge on any atom is -0.380 e. The Kier molecular flexibility index (Phi) is 9.49. The van der Waals surface area contributed by atoms with Crippen LogP contribution in [0.1, 0.15) is 26.7 Å². The molecule has 0 fully saturated rings. The number of hydrogen-bond donors (Lipinski definition) is 1. The van der Waals surface area contributed by atoms with Crippen LogP contribution < -0.4 is 5.32 Å². The van der Waals surface area contributed by atoms with Crippen LogP contribution in [0.25, 0.3) is 0 Å². The molecule has 0 amide bonds. The quantitative estimate of drug-likeness (QED) is 0.439. The summed E-state index contributed by atoms with van der Waals surface area (Å²) < 4.78 is 5.50. The van der Waals surface area contributed by atoms with Crippen LogP contribution in [-0.2, 0) is 4.74 Å². The Morgan fingerprint density at radius 1 is 1.54 bits per heavy atom. The first kappa shape index (κ1) is 12.7. The molecule has 0 rings (SSSR count). The molecule has 1 N–H and O–H groups in total. The molecule has 0 radical (unpaired) electrons. The molecule has 0 saturated carbocycles. The topological polar surface area (TPSA) is 21.3 Å². The lowest BCUT2D eigenvalue weighted by molar-refractivity contribution is 0.104. The summed E-state index contributed by atoms with van der Waals surface area (Å²) in [5.41, 5.74) is 0. The predicted octanol–water partition coefficient (Wildman–Crippen LogP) is 2.21. The molecular weight excluding hydrogens is 162 g/mol. The van der Waals surface area contributed by atoms with Crippen molar-refractivity contribution < 1.29 is 4.74 Å². The van der Waals surface area contributed by atoms with E-state index in [0.29, 0.717) is 5.92 Å². The molecule has 1 atom stereocenters. The highest BCUT2D eigenvalue weighted by molar-refractivity contribution is 4.68. The molecule has 0 aliphatic carbocycles. The van der Waals surface area contributed by atoms with Gasteiger partial charge in [0.1, 0.15) is 0 Å². The maximum atomic E-state index is 5.50. The lowest BCUT2D eigenvalue weighted by Crippen LogP contribution is -2.20. The Balaban J connectivity index is 3.01. The Hall–Kier alpha value is -0.340. The van der Waals surface area contributed by atoms with Gasteiger partial charge in [-0.15, -0.1) is 6.58 Å². The third-order valence-corrected chi connectivity index (χ3v) is 1.90. The second-order valence-corrected chi connectivity index (χ2v) is 3.46. The van der Waals surface area contributed by atoms with E-state index < -0.39 is 0 Å². The van der Waals surface area contributed by atoms with E-state index in [1.54, 1.807) is 0 Å². The highest BCUT2D eigenvalue weighted by Crippen LogP contribution is 2.04. The van der Waals surface area contributed by atoms with E-state index in [9.17, 15) is 0 Å². The fourth-order valence-corrected chi connectivity index (χ4v) is 1.21. The number of nitrogens with one attached hydrogen (secondary N) is 1. The van der Waals surface area contributed by atoms with Crippen molar-refractivity contribution in [3.8, 4) is 0 Å². The molecule has 0 aromatic rings. The Bertz CT molecular complexity index is 115. The summed E-state index contributed by atoms with van der Waals surface area (Å²) in [6, 6.07) is 0. The van der Waals surface area contributed by atoms with Gasteiger partial charge >= 0.3 is 0 Å². The van der Waals surface area contributed by atoms with Crippen molar-refractivity contribution in [1.29, 1.82) is 0 Å². The Morgan fingerprint density at radius 3 is 2.92 bits per heavy atom. The Morgan fingerprint density at radius 2 is 2.31 bits per heavy atom. The zero-order chi connectivity index (χ0) is 9.94. The first-order valence-electron chi connectivity index (χ1n) is 5.20. The van der Waals surface area contributed by atoms with Gasteiger partial charge in [-0.3, -0.25) is 0 Å². The molecule has 78 valence electrons. The van der Waals surface area contributed by atoms with Crippen LogP contribution in [0.4, 0.5) is 0 Å². The van der Waals surface area contributed by atoms with Crippen LogP contribution >= 0.6 is 0 Å². The molecule has 0 spiro atoms. The number of rotatable bonds is 9. The minimum atomic E-state index is 0.699. The summed E-state index contributed by atoms with van der Waals surface area (Å²) in [5, 5.41) is 3.20. The molecule has 0 aliphatic heterocycles. The third kappa shape index (κ3) is 9.57. The SMILES string of the molecule is C=CCNCCOCC(C)CCC. The molecule has 0 saturated heterocycles. The van der Waals surface area contributed by atoms with Crippen molar-refractivity contribution in [3.05, 3.63) is 12.7 Å². The van der Waals surface area contributed by atoms with Gasteiger partial charge in [-0.05, 0) is 12.3 Å². The van der Waals surface area contributed by atoms with E-state index in [1.807, 2.05) is 6.08 Å². The first-order valence-corrected chi connectivity index (χ1v) is 5.20. The molecule has 0 aliphatic rings. The normalized spacial score (nSPS) is 12.8. The van der Waals surface area contributed by atoms with Crippen LogP contribution in [-0.4, -0.2) is 26.3 Å². The van der Waals surface area contributed by atoms with Crippen LogP contribution in [0, 0.1) is 5.92 Å². The molecule has 13 heavy (non-hydrogen) atoms. The fourth-order valence-electron chi connectivity index (χ4n) is 1.21. The molecule has 0 heterocycles. The van der Waals surface area contributed by atoms with Crippen LogP contribution in [0.2, 0.25) is 0 Å². The van der Waals surface area contributed by atoms with E-state index in [1.165, 1.54) is 12.8 Å².